The number of aryl methyl sites for hydroxylation is 1. The molecule has 84 valence electrons. The predicted octanol–water partition coefficient (Wildman–Crippen LogP) is 2.37. The Bertz CT molecular complexity index is 601. The van der Waals surface area contributed by atoms with Crippen LogP contribution in [0.4, 0.5) is 5.69 Å². The zero-order valence-electron chi connectivity index (χ0n) is 9.69. The average Bonchev–Trinajstić information content (AvgIpc) is 2.16. The van der Waals surface area contributed by atoms with Crippen LogP contribution in [0.1, 0.15) is 5.69 Å². The van der Waals surface area contributed by atoms with Crippen molar-refractivity contribution < 1.29 is 4.57 Å². The molecule has 2 rings (SSSR count). The number of hydrogen-bond acceptors (Lipinski definition) is 3. The molecule has 0 radical (unpaired) electrons. The van der Waals surface area contributed by atoms with Gasteiger partial charge in [-0.25, -0.2) is 0 Å². The van der Waals surface area contributed by atoms with Crippen LogP contribution in [0.15, 0.2) is 24.4 Å². The molecule has 1 heterocycles. The lowest BCUT2D eigenvalue weighted by Gasteiger charge is -2.13. The van der Waals surface area contributed by atoms with Gasteiger partial charge in [-0.05, 0) is 37.8 Å². The molecule has 0 unspecified atom stereocenters. The Hall–Kier alpha value is -1.34. The van der Waals surface area contributed by atoms with E-state index in [-0.39, 0.29) is 0 Å². The Kier molecular flexibility index (Phi) is 2.51. The van der Waals surface area contributed by atoms with Gasteiger partial charge in [0.1, 0.15) is 7.14 Å². The number of nitrogen functional groups attached to an aromatic ring is 1. The number of fused-ring (bicyclic) bond motifs is 1. The first-order chi connectivity index (χ1) is 7.39. The summed E-state index contributed by atoms with van der Waals surface area (Å²) in [4.78, 5) is 4.25. The van der Waals surface area contributed by atoms with Crippen LogP contribution in [-0.2, 0) is 4.57 Å². The number of nitrogens with zero attached hydrogens (tertiary/aromatic N) is 1. The van der Waals surface area contributed by atoms with E-state index in [0.29, 0.717) is 5.69 Å². The molecule has 1 aromatic carbocycles. The number of rotatable bonds is 1. The molecule has 4 heteroatoms. The summed E-state index contributed by atoms with van der Waals surface area (Å²) >= 11 is 0. The molecule has 0 saturated carbocycles. The van der Waals surface area contributed by atoms with Crippen molar-refractivity contribution in [1.82, 2.24) is 4.98 Å². The van der Waals surface area contributed by atoms with E-state index < -0.39 is 7.14 Å². The predicted molar refractivity (Wildman–Crippen MR) is 70.0 cm³/mol. The molecule has 3 nitrogen and oxygen atoms in total. The SMILES string of the molecule is Cc1cc2ccc(N)c(P(C)(C)=O)c2cn1. The number of pyridine rings is 1. The lowest BCUT2D eigenvalue weighted by Crippen LogP contribution is -2.11. The minimum absolute atomic E-state index is 0.589. The van der Waals surface area contributed by atoms with Gasteiger partial charge in [0.05, 0.1) is 0 Å². The lowest BCUT2D eigenvalue weighted by molar-refractivity contribution is 0.588. The maximum Gasteiger partial charge on any atom is 0.112 e. The summed E-state index contributed by atoms with van der Waals surface area (Å²) in [5.41, 5.74) is 7.45. The third-order valence-electron chi connectivity index (χ3n) is 2.58. The first-order valence-electron chi connectivity index (χ1n) is 5.10. The van der Waals surface area contributed by atoms with Crippen molar-refractivity contribution in [3.05, 3.63) is 30.1 Å². The van der Waals surface area contributed by atoms with Crippen molar-refractivity contribution in [2.24, 2.45) is 0 Å². The Labute approximate surface area is 95.1 Å². The average molecular weight is 234 g/mol. The van der Waals surface area contributed by atoms with E-state index in [0.717, 1.165) is 21.8 Å². The monoisotopic (exact) mass is 234 g/mol. The normalized spacial score (nSPS) is 11.9. The molecule has 2 N–H and O–H groups in total. The van der Waals surface area contributed by atoms with Gasteiger partial charge in [-0.2, -0.15) is 0 Å². The van der Waals surface area contributed by atoms with Crippen LogP contribution in [0.3, 0.4) is 0 Å². The highest BCUT2D eigenvalue weighted by molar-refractivity contribution is 7.71. The van der Waals surface area contributed by atoms with E-state index in [1.807, 2.05) is 25.1 Å². The van der Waals surface area contributed by atoms with Crippen molar-refractivity contribution in [3.63, 3.8) is 0 Å². The van der Waals surface area contributed by atoms with Gasteiger partial charge in [-0.3, -0.25) is 4.98 Å². The standard InChI is InChI=1S/C12H15N2OP/c1-8-6-9-4-5-11(13)12(16(2,3)15)10(9)7-14-8/h4-7H,13H2,1-3H3. The zero-order valence-corrected chi connectivity index (χ0v) is 10.6. The quantitative estimate of drug-likeness (QED) is 0.608. The smallest absolute Gasteiger partial charge is 0.112 e. The summed E-state index contributed by atoms with van der Waals surface area (Å²) in [7, 11) is -2.38. The van der Waals surface area contributed by atoms with Crippen molar-refractivity contribution >= 4 is 28.9 Å². The number of benzene rings is 1. The van der Waals surface area contributed by atoms with E-state index in [1.54, 1.807) is 19.5 Å². The molecule has 0 aliphatic carbocycles. The molecule has 0 spiro atoms. The number of aromatic nitrogens is 1. The van der Waals surface area contributed by atoms with Crippen LogP contribution in [0.2, 0.25) is 0 Å². The molecule has 2 aromatic rings. The third-order valence-corrected chi connectivity index (χ3v) is 4.16. The Morgan fingerprint density at radius 1 is 1.31 bits per heavy atom. The second-order valence-electron chi connectivity index (χ2n) is 4.40. The first-order valence-corrected chi connectivity index (χ1v) is 7.70. The second-order valence-corrected chi connectivity index (χ2v) is 7.55. The molecule has 0 bridgehead atoms. The minimum Gasteiger partial charge on any atom is -0.398 e. The largest absolute Gasteiger partial charge is 0.398 e. The first kappa shape index (κ1) is 11.2. The summed E-state index contributed by atoms with van der Waals surface area (Å²) in [5.74, 6) is 0. The van der Waals surface area contributed by atoms with Gasteiger partial charge in [0.2, 0.25) is 0 Å². The Morgan fingerprint density at radius 2 is 2.00 bits per heavy atom. The van der Waals surface area contributed by atoms with Gasteiger partial charge in [0.25, 0.3) is 0 Å². The number of anilines is 1. The zero-order chi connectivity index (χ0) is 11.9. The van der Waals surface area contributed by atoms with Crippen LogP contribution < -0.4 is 11.0 Å². The van der Waals surface area contributed by atoms with Gasteiger partial charge >= 0.3 is 0 Å². The van der Waals surface area contributed by atoms with Crippen LogP contribution in [0.5, 0.6) is 0 Å². The highest BCUT2D eigenvalue weighted by Crippen LogP contribution is 2.39. The van der Waals surface area contributed by atoms with Crippen LogP contribution in [0, 0.1) is 6.92 Å². The molecule has 1 aromatic heterocycles. The summed E-state index contributed by atoms with van der Waals surface area (Å²) in [6.45, 7) is 5.41. The molecule has 0 atom stereocenters. The molecule has 0 fully saturated rings. The fourth-order valence-electron chi connectivity index (χ4n) is 1.93. The van der Waals surface area contributed by atoms with Crippen molar-refractivity contribution in [2.75, 3.05) is 19.1 Å². The van der Waals surface area contributed by atoms with Crippen LogP contribution in [0.25, 0.3) is 10.8 Å². The molecule has 0 aliphatic rings. The van der Waals surface area contributed by atoms with Crippen molar-refractivity contribution in [3.8, 4) is 0 Å². The highest BCUT2D eigenvalue weighted by atomic mass is 31.2. The van der Waals surface area contributed by atoms with Gasteiger partial charge < -0.3 is 10.3 Å². The second kappa shape index (κ2) is 3.60. The van der Waals surface area contributed by atoms with E-state index >= 15 is 0 Å². The van der Waals surface area contributed by atoms with E-state index in [2.05, 4.69) is 4.98 Å². The Morgan fingerprint density at radius 3 is 2.62 bits per heavy atom. The molecule has 0 aliphatic heterocycles. The van der Waals surface area contributed by atoms with Crippen molar-refractivity contribution in [1.29, 1.82) is 0 Å². The number of hydrogen-bond donors (Lipinski definition) is 1. The topological polar surface area (TPSA) is 56.0 Å². The summed E-state index contributed by atoms with van der Waals surface area (Å²) in [6, 6.07) is 5.74. The van der Waals surface area contributed by atoms with Crippen molar-refractivity contribution in [2.45, 2.75) is 6.92 Å². The van der Waals surface area contributed by atoms with Gasteiger partial charge in [-0.15, -0.1) is 0 Å². The molecular weight excluding hydrogens is 219 g/mol. The fourth-order valence-corrected chi connectivity index (χ4v) is 3.40. The summed E-state index contributed by atoms with van der Waals surface area (Å²) in [6.07, 6.45) is 1.76. The lowest BCUT2D eigenvalue weighted by atomic mass is 10.1. The minimum atomic E-state index is -2.38. The molecule has 16 heavy (non-hydrogen) atoms. The van der Waals surface area contributed by atoms with E-state index in [4.69, 9.17) is 5.73 Å². The van der Waals surface area contributed by atoms with Gasteiger partial charge in [0.15, 0.2) is 0 Å². The summed E-state index contributed by atoms with van der Waals surface area (Å²) in [5, 5.41) is 2.69. The molecule has 0 amide bonds. The molecule has 0 saturated heterocycles. The van der Waals surface area contributed by atoms with E-state index in [1.165, 1.54) is 0 Å². The van der Waals surface area contributed by atoms with Crippen LogP contribution >= 0.6 is 7.14 Å². The maximum atomic E-state index is 12.2. The Balaban J connectivity index is 2.91. The summed E-state index contributed by atoms with van der Waals surface area (Å²) < 4.78 is 12.2. The third kappa shape index (κ3) is 1.83. The van der Waals surface area contributed by atoms with Crippen LogP contribution in [-0.4, -0.2) is 18.3 Å². The van der Waals surface area contributed by atoms with Gasteiger partial charge in [-0.1, -0.05) is 6.07 Å². The number of nitrogens with two attached hydrogens (primary N) is 1. The molecular formula is C12H15N2OP. The maximum absolute atomic E-state index is 12.2. The van der Waals surface area contributed by atoms with Gasteiger partial charge in [0, 0.05) is 28.3 Å². The highest BCUT2D eigenvalue weighted by Gasteiger charge is 2.18. The van der Waals surface area contributed by atoms with E-state index in [9.17, 15) is 4.57 Å². The fraction of sp³-hybridized carbons (Fsp3) is 0.250.